The van der Waals surface area contributed by atoms with E-state index in [-0.39, 0.29) is 18.4 Å². The van der Waals surface area contributed by atoms with Crippen LogP contribution in [0.1, 0.15) is 27.2 Å². The summed E-state index contributed by atoms with van der Waals surface area (Å²) in [5, 5.41) is 0. The van der Waals surface area contributed by atoms with Gasteiger partial charge in [-0.1, -0.05) is 0 Å². The summed E-state index contributed by atoms with van der Waals surface area (Å²) in [4.78, 5) is 34.0. The number of hydrogen-bond acceptors (Lipinski definition) is 5. The van der Waals surface area contributed by atoms with Gasteiger partial charge in [0.1, 0.15) is 0 Å². The third-order valence-electron chi connectivity index (χ3n) is 2.16. The van der Waals surface area contributed by atoms with Crippen LogP contribution in [-0.2, 0) is 24.1 Å². The van der Waals surface area contributed by atoms with Crippen LogP contribution in [-0.4, -0.2) is 42.3 Å². The molecule has 1 aliphatic rings. The Labute approximate surface area is 106 Å². The van der Waals surface area contributed by atoms with Gasteiger partial charge in [0.05, 0.1) is 5.60 Å². The number of carbonyl (C=O) groups is 2. The minimum Gasteiger partial charge on any atom is -0.353 e. The Hall–Kier alpha value is -1.24. The van der Waals surface area contributed by atoms with Crippen LogP contribution in [0.15, 0.2) is 12.2 Å². The standard InChI is InChI=1S/C12H19NO5/c1-12(2,3)18-17-11(16-4)7-8-13-9(14)5-6-10(13)15/h5-6,11H,7-8H2,1-4H3. The molecule has 0 saturated carbocycles. The van der Waals surface area contributed by atoms with Crippen LogP contribution >= 0.6 is 0 Å². The van der Waals surface area contributed by atoms with Gasteiger partial charge in [-0.3, -0.25) is 14.5 Å². The number of methoxy groups -OCH3 is 1. The maximum absolute atomic E-state index is 11.3. The van der Waals surface area contributed by atoms with Gasteiger partial charge in [-0.15, -0.1) is 0 Å². The number of hydrogen-bond donors (Lipinski definition) is 0. The van der Waals surface area contributed by atoms with Gasteiger partial charge in [0.25, 0.3) is 11.8 Å². The number of amides is 2. The van der Waals surface area contributed by atoms with E-state index in [4.69, 9.17) is 14.5 Å². The van der Waals surface area contributed by atoms with E-state index in [9.17, 15) is 9.59 Å². The zero-order chi connectivity index (χ0) is 13.8. The number of rotatable bonds is 6. The molecule has 1 heterocycles. The van der Waals surface area contributed by atoms with Gasteiger partial charge in [-0.05, 0) is 20.8 Å². The highest BCUT2D eigenvalue weighted by Gasteiger charge is 2.25. The third kappa shape index (κ3) is 4.56. The molecule has 0 fully saturated rings. The second kappa shape index (κ2) is 6.08. The number of nitrogens with zero attached hydrogens (tertiary/aromatic N) is 1. The van der Waals surface area contributed by atoms with Crippen LogP contribution in [0.4, 0.5) is 0 Å². The van der Waals surface area contributed by atoms with Gasteiger partial charge >= 0.3 is 0 Å². The Bertz CT molecular complexity index is 327. The van der Waals surface area contributed by atoms with Crippen molar-refractivity contribution >= 4 is 11.8 Å². The fourth-order valence-electron chi connectivity index (χ4n) is 1.29. The maximum atomic E-state index is 11.3. The van der Waals surface area contributed by atoms with E-state index in [0.29, 0.717) is 6.42 Å². The Morgan fingerprint density at radius 2 is 1.78 bits per heavy atom. The van der Waals surface area contributed by atoms with Crippen molar-refractivity contribution in [1.82, 2.24) is 4.90 Å². The van der Waals surface area contributed by atoms with E-state index in [1.165, 1.54) is 19.3 Å². The third-order valence-corrected chi connectivity index (χ3v) is 2.16. The molecule has 1 rings (SSSR count). The van der Waals surface area contributed by atoms with Gasteiger partial charge in [-0.2, -0.15) is 0 Å². The minimum atomic E-state index is -0.620. The summed E-state index contributed by atoms with van der Waals surface area (Å²) in [7, 11) is 1.47. The molecule has 18 heavy (non-hydrogen) atoms. The summed E-state index contributed by atoms with van der Waals surface area (Å²) < 4.78 is 5.06. The second-order valence-electron chi connectivity index (χ2n) is 4.91. The molecule has 0 aliphatic carbocycles. The van der Waals surface area contributed by atoms with Crippen molar-refractivity contribution in [2.45, 2.75) is 39.1 Å². The smallest absolute Gasteiger partial charge is 0.253 e. The molecule has 0 N–H and O–H groups in total. The number of ether oxygens (including phenoxy) is 1. The van der Waals surface area contributed by atoms with E-state index in [2.05, 4.69) is 0 Å². The summed E-state index contributed by atoms with van der Waals surface area (Å²) in [6.07, 6.45) is 2.23. The van der Waals surface area contributed by atoms with E-state index in [1.54, 1.807) is 0 Å². The summed E-state index contributed by atoms with van der Waals surface area (Å²) >= 11 is 0. The lowest BCUT2D eigenvalue weighted by atomic mass is 10.2. The molecule has 0 spiro atoms. The first-order valence-corrected chi connectivity index (χ1v) is 5.74. The molecule has 0 aromatic rings. The van der Waals surface area contributed by atoms with Gasteiger partial charge in [0, 0.05) is 32.2 Å². The quantitative estimate of drug-likeness (QED) is 0.307. The molecule has 1 atom stereocenters. The highest BCUT2D eigenvalue weighted by molar-refractivity contribution is 6.12. The molecule has 0 saturated heterocycles. The summed E-state index contributed by atoms with van der Waals surface area (Å²) in [5.74, 6) is -0.627. The lowest BCUT2D eigenvalue weighted by Gasteiger charge is -2.23. The van der Waals surface area contributed by atoms with Gasteiger partial charge in [0.2, 0.25) is 0 Å². The van der Waals surface area contributed by atoms with Gasteiger partial charge in [-0.25, -0.2) is 9.78 Å². The average molecular weight is 257 g/mol. The van der Waals surface area contributed by atoms with Crippen molar-refractivity contribution in [3.8, 4) is 0 Å². The molecule has 1 aliphatic heterocycles. The molecule has 102 valence electrons. The highest BCUT2D eigenvalue weighted by Crippen LogP contribution is 2.12. The first-order chi connectivity index (χ1) is 8.33. The largest absolute Gasteiger partial charge is 0.353 e. The zero-order valence-corrected chi connectivity index (χ0v) is 11.1. The van der Waals surface area contributed by atoms with Crippen molar-refractivity contribution in [2.24, 2.45) is 0 Å². The lowest BCUT2D eigenvalue weighted by molar-refractivity contribution is -0.413. The molecule has 6 nitrogen and oxygen atoms in total. The van der Waals surface area contributed by atoms with Crippen LogP contribution in [0.2, 0.25) is 0 Å². The van der Waals surface area contributed by atoms with Crippen molar-refractivity contribution in [2.75, 3.05) is 13.7 Å². The first-order valence-electron chi connectivity index (χ1n) is 5.74. The predicted molar refractivity (Wildman–Crippen MR) is 63.2 cm³/mol. The van der Waals surface area contributed by atoms with Crippen LogP contribution < -0.4 is 0 Å². The van der Waals surface area contributed by atoms with Gasteiger partial charge in [0.15, 0.2) is 6.29 Å². The van der Waals surface area contributed by atoms with Crippen LogP contribution in [0.25, 0.3) is 0 Å². The summed E-state index contributed by atoms with van der Waals surface area (Å²) in [6, 6.07) is 0. The predicted octanol–water partition coefficient (Wildman–Crippen LogP) is 1.02. The molecule has 0 aromatic carbocycles. The van der Waals surface area contributed by atoms with E-state index in [0.717, 1.165) is 4.90 Å². The first kappa shape index (κ1) is 14.8. The normalized spacial score (nSPS) is 17.7. The lowest BCUT2D eigenvalue weighted by Crippen LogP contribution is -2.34. The van der Waals surface area contributed by atoms with E-state index in [1.807, 2.05) is 20.8 Å². The fourth-order valence-corrected chi connectivity index (χ4v) is 1.29. The Balaban J connectivity index is 2.36. The zero-order valence-electron chi connectivity index (χ0n) is 11.1. The molecule has 6 heteroatoms. The SMILES string of the molecule is COC(CCN1C(=O)C=CC1=O)OOC(C)(C)C. The minimum absolute atomic E-state index is 0.233. The van der Waals surface area contributed by atoms with Crippen LogP contribution in [0, 0.1) is 0 Å². The second-order valence-corrected chi connectivity index (χ2v) is 4.91. The number of carbonyl (C=O) groups excluding carboxylic acids is 2. The van der Waals surface area contributed by atoms with Crippen molar-refractivity contribution in [3.63, 3.8) is 0 Å². The Morgan fingerprint density at radius 1 is 1.22 bits per heavy atom. The Morgan fingerprint density at radius 3 is 2.22 bits per heavy atom. The van der Waals surface area contributed by atoms with Crippen molar-refractivity contribution in [3.05, 3.63) is 12.2 Å². The van der Waals surface area contributed by atoms with Crippen LogP contribution in [0.3, 0.4) is 0 Å². The van der Waals surface area contributed by atoms with E-state index < -0.39 is 11.9 Å². The average Bonchev–Trinajstić information content (AvgIpc) is 2.58. The topological polar surface area (TPSA) is 65.1 Å². The number of imide groups is 1. The van der Waals surface area contributed by atoms with Crippen molar-refractivity contribution < 1.29 is 24.1 Å². The molecule has 0 bridgehead atoms. The molecular formula is C12H19NO5. The van der Waals surface area contributed by atoms with Gasteiger partial charge < -0.3 is 4.74 Å². The summed E-state index contributed by atoms with van der Waals surface area (Å²) in [5.41, 5.74) is -0.447. The van der Waals surface area contributed by atoms with Crippen LogP contribution in [0.5, 0.6) is 0 Å². The molecule has 0 aromatic heterocycles. The molecule has 1 unspecified atom stereocenters. The summed E-state index contributed by atoms with van der Waals surface area (Å²) in [6.45, 7) is 5.77. The molecule has 0 radical (unpaired) electrons. The monoisotopic (exact) mass is 257 g/mol. The fraction of sp³-hybridized carbons (Fsp3) is 0.667. The highest BCUT2D eigenvalue weighted by atomic mass is 17.2. The molecule has 2 amide bonds. The Kier molecular flexibility index (Phi) is 5.01. The maximum Gasteiger partial charge on any atom is 0.253 e. The van der Waals surface area contributed by atoms with Crippen molar-refractivity contribution in [1.29, 1.82) is 0 Å². The molecular weight excluding hydrogens is 238 g/mol. The van der Waals surface area contributed by atoms with E-state index >= 15 is 0 Å².